The molecule has 2 rings (SSSR count). The maximum absolute atomic E-state index is 12.9. The van der Waals surface area contributed by atoms with E-state index in [-0.39, 0.29) is 11.7 Å². The highest BCUT2D eigenvalue weighted by molar-refractivity contribution is 14.1. The van der Waals surface area contributed by atoms with Gasteiger partial charge >= 0.3 is 0 Å². The molecule has 1 aliphatic rings. The van der Waals surface area contributed by atoms with Crippen molar-refractivity contribution < 1.29 is 9.18 Å². The summed E-state index contributed by atoms with van der Waals surface area (Å²) in [7, 11) is 0. The van der Waals surface area contributed by atoms with Crippen molar-refractivity contribution >= 4 is 34.2 Å². The molecule has 1 aromatic carbocycles. The fraction of sp³-hybridized carbons (Fsp3) is 0.417. The number of amides is 1. The van der Waals surface area contributed by atoms with E-state index in [2.05, 4.69) is 10.6 Å². The largest absolute Gasteiger partial charge is 0.324 e. The van der Waals surface area contributed by atoms with Gasteiger partial charge < -0.3 is 10.6 Å². The van der Waals surface area contributed by atoms with E-state index >= 15 is 0 Å². The fourth-order valence-electron chi connectivity index (χ4n) is 1.94. The molecule has 0 radical (unpaired) electrons. The van der Waals surface area contributed by atoms with Gasteiger partial charge in [-0.05, 0) is 67.1 Å². The van der Waals surface area contributed by atoms with Crippen molar-refractivity contribution in [2.75, 3.05) is 11.9 Å². The third-order valence-electron chi connectivity index (χ3n) is 3.05. The molecule has 1 fully saturated rings. The van der Waals surface area contributed by atoms with Gasteiger partial charge in [0.1, 0.15) is 5.82 Å². The fourth-order valence-corrected chi connectivity index (χ4v) is 2.55. The van der Waals surface area contributed by atoms with Gasteiger partial charge in [-0.15, -0.1) is 0 Å². The van der Waals surface area contributed by atoms with Crippen LogP contribution < -0.4 is 10.6 Å². The first-order valence-electron chi connectivity index (χ1n) is 5.53. The lowest BCUT2D eigenvalue weighted by Gasteiger charge is -2.23. The Hall–Kier alpha value is -0.690. The average molecular weight is 348 g/mol. The molecule has 0 saturated carbocycles. The number of anilines is 1. The first-order chi connectivity index (χ1) is 8.01. The lowest BCUT2D eigenvalue weighted by atomic mass is 9.99. The van der Waals surface area contributed by atoms with Gasteiger partial charge in [-0.3, -0.25) is 4.79 Å². The van der Waals surface area contributed by atoms with Crippen LogP contribution in [0.2, 0.25) is 0 Å². The van der Waals surface area contributed by atoms with E-state index < -0.39 is 5.54 Å². The molecule has 3 nitrogen and oxygen atoms in total. The standard InChI is InChI=1S/C12H14FIN2O/c1-12(5-2-6-15-12)11(17)16-10-4-3-8(13)7-9(10)14/h3-4,7,15H,2,5-6H2,1H3,(H,16,17). The lowest BCUT2D eigenvalue weighted by Crippen LogP contribution is -2.48. The smallest absolute Gasteiger partial charge is 0.244 e. The van der Waals surface area contributed by atoms with Crippen molar-refractivity contribution in [3.63, 3.8) is 0 Å². The van der Waals surface area contributed by atoms with E-state index in [0.717, 1.165) is 19.4 Å². The van der Waals surface area contributed by atoms with E-state index in [1.54, 1.807) is 6.07 Å². The molecule has 1 amide bonds. The molecule has 0 spiro atoms. The highest BCUT2D eigenvalue weighted by Gasteiger charge is 2.35. The Morgan fingerprint density at radius 1 is 1.59 bits per heavy atom. The number of hydrogen-bond donors (Lipinski definition) is 2. The third-order valence-corrected chi connectivity index (χ3v) is 3.94. The van der Waals surface area contributed by atoms with Crippen molar-refractivity contribution in [1.82, 2.24) is 5.32 Å². The minimum atomic E-state index is -0.503. The first kappa shape index (κ1) is 12.8. The molecule has 1 unspecified atom stereocenters. The van der Waals surface area contributed by atoms with Gasteiger partial charge in [0.25, 0.3) is 0 Å². The maximum Gasteiger partial charge on any atom is 0.244 e. The normalized spacial score (nSPS) is 23.7. The maximum atomic E-state index is 12.9. The predicted octanol–water partition coefficient (Wildman–Crippen LogP) is 2.51. The third kappa shape index (κ3) is 2.77. The second-order valence-electron chi connectivity index (χ2n) is 4.44. The molecule has 2 N–H and O–H groups in total. The Bertz CT molecular complexity index is 444. The van der Waals surface area contributed by atoms with E-state index in [0.29, 0.717) is 9.26 Å². The Kier molecular flexibility index (Phi) is 3.67. The van der Waals surface area contributed by atoms with Crippen LogP contribution >= 0.6 is 22.6 Å². The van der Waals surface area contributed by atoms with Crippen LogP contribution in [0.25, 0.3) is 0 Å². The second-order valence-corrected chi connectivity index (χ2v) is 5.60. The topological polar surface area (TPSA) is 41.1 Å². The molecule has 92 valence electrons. The van der Waals surface area contributed by atoms with Crippen molar-refractivity contribution in [2.24, 2.45) is 0 Å². The van der Waals surface area contributed by atoms with E-state index in [4.69, 9.17) is 0 Å². The second kappa shape index (κ2) is 4.89. The van der Waals surface area contributed by atoms with Crippen LogP contribution in [0.3, 0.4) is 0 Å². The van der Waals surface area contributed by atoms with Crippen LogP contribution in [0.15, 0.2) is 18.2 Å². The molecular weight excluding hydrogens is 334 g/mol. The van der Waals surface area contributed by atoms with Crippen LogP contribution in [0.4, 0.5) is 10.1 Å². The van der Waals surface area contributed by atoms with Crippen molar-refractivity contribution in [3.05, 3.63) is 27.6 Å². The van der Waals surface area contributed by atoms with Crippen molar-refractivity contribution in [2.45, 2.75) is 25.3 Å². The molecule has 1 aromatic rings. The number of carbonyl (C=O) groups excluding carboxylic acids is 1. The molecule has 0 aliphatic carbocycles. The number of rotatable bonds is 2. The van der Waals surface area contributed by atoms with Gasteiger partial charge in [0.2, 0.25) is 5.91 Å². The molecule has 5 heteroatoms. The summed E-state index contributed by atoms with van der Waals surface area (Å²) in [6.45, 7) is 2.76. The molecule has 0 aromatic heterocycles. The zero-order chi connectivity index (χ0) is 12.5. The van der Waals surface area contributed by atoms with Crippen molar-refractivity contribution in [1.29, 1.82) is 0 Å². The van der Waals surface area contributed by atoms with E-state index in [9.17, 15) is 9.18 Å². The van der Waals surface area contributed by atoms with E-state index in [1.165, 1.54) is 12.1 Å². The summed E-state index contributed by atoms with van der Waals surface area (Å²) in [6, 6.07) is 4.34. The molecular formula is C12H14FIN2O. The van der Waals surface area contributed by atoms with Gasteiger partial charge in [0.15, 0.2) is 0 Å². The van der Waals surface area contributed by atoms with Gasteiger partial charge in [0.05, 0.1) is 11.2 Å². The monoisotopic (exact) mass is 348 g/mol. The molecule has 1 heterocycles. The Labute approximate surface area is 113 Å². The Morgan fingerprint density at radius 2 is 2.35 bits per heavy atom. The highest BCUT2D eigenvalue weighted by atomic mass is 127. The highest BCUT2D eigenvalue weighted by Crippen LogP contribution is 2.23. The van der Waals surface area contributed by atoms with Gasteiger partial charge in [-0.2, -0.15) is 0 Å². The van der Waals surface area contributed by atoms with Gasteiger partial charge in [-0.1, -0.05) is 0 Å². The van der Waals surface area contributed by atoms with Crippen LogP contribution in [0.1, 0.15) is 19.8 Å². The molecule has 0 bridgehead atoms. The summed E-state index contributed by atoms with van der Waals surface area (Å²) in [6.07, 6.45) is 1.83. The number of hydrogen-bond acceptors (Lipinski definition) is 2. The molecule has 1 aliphatic heterocycles. The summed E-state index contributed by atoms with van der Waals surface area (Å²) in [5.41, 5.74) is 0.157. The van der Waals surface area contributed by atoms with Crippen LogP contribution in [-0.4, -0.2) is 18.0 Å². The Balaban J connectivity index is 2.13. The lowest BCUT2D eigenvalue weighted by molar-refractivity contribution is -0.121. The van der Waals surface area contributed by atoms with Crippen molar-refractivity contribution in [3.8, 4) is 0 Å². The van der Waals surface area contributed by atoms with Crippen LogP contribution in [-0.2, 0) is 4.79 Å². The molecule has 17 heavy (non-hydrogen) atoms. The minimum Gasteiger partial charge on any atom is -0.324 e. The summed E-state index contributed by atoms with van der Waals surface area (Å²) >= 11 is 2.01. The zero-order valence-electron chi connectivity index (χ0n) is 9.52. The number of carbonyl (C=O) groups is 1. The molecule has 1 atom stereocenters. The van der Waals surface area contributed by atoms with Crippen LogP contribution in [0, 0.1) is 9.39 Å². The summed E-state index contributed by atoms with van der Waals surface area (Å²) < 4.78 is 13.6. The summed E-state index contributed by atoms with van der Waals surface area (Å²) in [4.78, 5) is 12.1. The first-order valence-corrected chi connectivity index (χ1v) is 6.61. The van der Waals surface area contributed by atoms with Crippen LogP contribution in [0.5, 0.6) is 0 Å². The zero-order valence-corrected chi connectivity index (χ0v) is 11.7. The summed E-state index contributed by atoms with van der Waals surface area (Å²) in [5.74, 6) is -0.350. The number of halogens is 2. The molecule has 1 saturated heterocycles. The number of nitrogens with one attached hydrogen (secondary N) is 2. The predicted molar refractivity (Wildman–Crippen MR) is 73.4 cm³/mol. The SMILES string of the molecule is CC1(C(=O)Nc2ccc(F)cc2I)CCCN1. The van der Waals surface area contributed by atoms with Gasteiger partial charge in [0, 0.05) is 3.57 Å². The van der Waals surface area contributed by atoms with E-state index in [1.807, 2.05) is 29.5 Å². The summed E-state index contributed by atoms with van der Waals surface area (Å²) in [5, 5.41) is 6.04. The Morgan fingerprint density at radius 3 is 2.94 bits per heavy atom. The quantitative estimate of drug-likeness (QED) is 0.807. The van der Waals surface area contributed by atoms with Gasteiger partial charge in [-0.25, -0.2) is 4.39 Å². The average Bonchev–Trinajstić information content (AvgIpc) is 2.71. The number of benzene rings is 1. The minimum absolute atomic E-state index is 0.0560.